The van der Waals surface area contributed by atoms with Crippen LogP contribution in [0.5, 0.6) is 0 Å². The molecule has 1 atom stereocenters. The minimum Gasteiger partial charge on any atom is -0.355 e. The number of nitrogens with one attached hydrogen (secondary N) is 1. The van der Waals surface area contributed by atoms with Crippen molar-refractivity contribution in [1.82, 2.24) is 20.4 Å². The molecule has 1 aromatic heterocycles. The van der Waals surface area contributed by atoms with Crippen LogP contribution < -0.4 is 10.2 Å². The summed E-state index contributed by atoms with van der Waals surface area (Å²) in [7, 11) is 2.10. The average molecular weight is 329 g/mol. The molecule has 6 heteroatoms. The first-order valence-corrected chi connectivity index (χ1v) is 9.24. The Kier molecular flexibility index (Phi) is 4.39. The molecule has 1 unspecified atom stereocenters. The van der Waals surface area contributed by atoms with Crippen molar-refractivity contribution in [3.63, 3.8) is 0 Å². The Morgan fingerprint density at radius 3 is 2.71 bits per heavy atom. The molecule has 130 valence electrons. The fraction of sp³-hybridized carbons (Fsp3) is 0.722. The molecule has 1 aromatic rings. The van der Waals surface area contributed by atoms with Crippen LogP contribution in [0.15, 0.2) is 12.1 Å². The number of amides is 1. The Morgan fingerprint density at radius 1 is 1.21 bits per heavy atom. The SMILES string of the molecule is CN1CCCC(C(=O)NCC2CN(c3ccc(C4CC4)nn3)C2)C1. The number of piperidine rings is 1. The van der Waals surface area contributed by atoms with Crippen molar-refractivity contribution in [2.75, 3.05) is 44.7 Å². The second-order valence-corrected chi connectivity index (χ2v) is 7.71. The van der Waals surface area contributed by atoms with Crippen molar-refractivity contribution < 1.29 is 4.79 Å². The van der Waals surface area contributed by atoms with Crippen LogP contribution in [0.25, 0.3) is 0 Å². The van der Waals surface area contributed by atoms with Crippen LogP contribution in [0.1, 0.15) is 37.3 Å². The molecule has 2 aliphatic heterocycles. The topological polar surface area (TPSA) is 61.4 Å². The zero-order valence-corrected chi connectivity index (χ0v) is 14.4. The van der Waals surface area contributed by atoms with Crippen LogP contribution in [-0.4, -0.2) is 60.8 Å². The summed E-state index contributed by atoms with van der Waals surface area (Å²) in [6, 6.07) is 4.21. The van der Waals surface area contributed by atoms with E-state index < -0.39 is 0 Å². The van der Waals surface area contributed by atoms with Crippen LogP contribution in [0, 0.1) is 11.8 Å². The van der Waals surface area contributed by atoms with E-state index in [1.165, 1.54) is 12.8 Å². The Balaban J connectivity index is 1.19. The third-order valence-corrected chi connectivity index (χ3v) is 5.51. The molecule has 3 aliphatic rings. The van der Waals surface area contributed by atoms with Gasteiger partial charge in [-0.1, -0.05) is 0 Å². The second-order valence-electron chi connectivity index (χ2n) is 7.71. The van der Waals surface area contributed by atoms with Gasteiger partial charge in [-0.3, -0.25) is 4.79 Å². The summed E-state index contributed by atoms with van der Waals surface area (Å²) in [5.74, 6) is 2.55. The molecule has 0 aromatic carbocycles. The van der Waals surface area contributed by atoms with Gasteiger partial charge in [0.25, 0.3) is 0 Å². The van der Waals surface area contributed by atoms with Crippen LogP contribution in [0.3, 0.4) is 0 Å². The summed E-state index contributed by atoms with van der Waals surface area (Å²) in [5, 5.41) is 11.9. The van der Waals surface area contributed by atoms with E-state index >= 15 is 0 Å². The summed E-state index contributed by atoms with van der Waals surface area (Å²) in [6.45, 7) is 4.71. The Morgan fingerprint density at radius 2 is 2.04 bits per heavy atom. The highest BCUT2D eigenvalue weighted by atomic mass is 16.1. The number of carbonyl (C=O) groups excluding carboxylic acids is 1. The molecule has 24 heavy (non-hydrogen) atoms. The first kappa shape index (κ1) is 15.8. The predicted octanol–water partition coefficient (Wildman–Crippen LogP) is 1.25. The van der Waals surface area contributed by atoms with E-state index in [2.05, 4.69) is 44.5 Å². The molecule has 1 aliphatic carbocycles. The van der Waals surface area contributed by atoms with E-state index in [9.17, 15) is 4.79 Å². The van der Waals surface area contributed by atoms with Gasteiger partial charge in [0.2, 0.25) is 5.91 Å². The maximum atomic E-state index is 12.3. The van der Waals surface area contributed by atoms with Crippen LogP contribution >= 0.6 is 0 Å². The van der Waals surface area contributed by atoms with Gasteiger partial charge in [-0.2, -0.15) is 5.10 Å². The van der Waals surface area contributed by atoms with E-state index in [1.807, 2.05) is 0 Å². The lowest BCUT2D eigenvalue weighted by molar-refractivity contribution is -0.126. The third kappa shape index (κ3) is 3.53. The number of carbonyl (C=O) groups is 1. The monoisotopic (exact) mass is 329 g/mol. The molecule has 0 spiro atoms. The first-order chi connectivity index (χ1) is 11.7. The van der Waals surface area contributed by atoms with Crippen LogP contribution in [-0.2, 0) is 4.79 Å². The zero-order valence-electron chi connectivity index (χ0n) is 14.4. The summed E-state index contributed by atoms with van der Waals surface area (Å²) in [6.07, 6.45) is 4.67. The summed E-state index contributed by atoms with van der Waals surface area (Å²) >= 11 is 0. The number of nitrogens with zero attached hydrogens (tertiary/aromatic N) is 4. The Hall–Kier alpha value is -1.69. The molecule has 3 heterocycles. The molecule has 3 fully saturated rings. The summed E-state index contributed by atoms with van der Waals surface area (Å²) in [5.41, 5.74) is 1.14. The van der Waals surface area contributed by atoms with E-state index in [0.29, 0.717) is 11.8 Å². The highest BCUT2D eigenvalue weighted by molar-refractivity contribution is 5.79. The molecule has 4 rings (SSSR count). The minimum absolute atomic E-state index is 0.167. The maximum absolute atomic E-state index is 12.3. The van der Waals surface area contributed by atoms with Crippen molar-refractivity contribution in [2.45, 2.75) is 31.6 Å². The Bertz CT molecular complexity index is 580. The molecule has 1 N–H and O–H groups in total. The van der Waals surface area contributed by atoms with Gasteiger partial charge >= 0.3 is 0 Å². The number of rotatable bonds is 5. The minimum atomic E-state index is 0.167. The summed E-state index contributed by atoms with van der Waals surface area (Å²) in [4.78, 5) is 16.8. The van der Waals surface area contributed by atoms with Crippen molar-refractivity contribution in [3.05, 3.63) is 17.8 Å². The van der Waals surface area contributed by atoms with Gasteiger partial charge in [0.15, 0.2) is 5.82 Å². The lowest BCUT2D eigenvalue weighted by Gasteiger charge is -2.40. The van der Waals surface area contributed by atoms with Gasteiger partial charge in [0.1, 0.15) is 0 Å². The fourth-order valence-electron chi connectivity index (χ4n) is 3.76. The van der Waals surface area contributed by atoms with E-state index in [1.54, 1.807) is 0 Å². The molecular formula is C18H27N5O. The lowest BCUT2D eigenvalue weighted by atomic mass is 9.96. The zero-order chi connectivity index (χ0) is 16.5. The number of anilines is 1. The number of hydrogen-bond acceptors (Lipinski definition) is 5. The molecule has 1 amide bonds. The second kappa shape index (κ2) is 6.67. The van der Waals surface area contributed by atoms with Crippen LogP contribution in [0.2, 0.25) is 0 Å². The van der Waals surface area contributed by atoms with Gasteiger partial charge in [0.05, 0.1) is 11.6 Å². The number of hydrogen-bond donors (Lipinski definition) is 1. The first-order valence-electron chi connectivity index (χ1n) is 9.24. The molecule has 0 radical (unpaired) electrons. The largest absolute Gasteiger partial charge is 0.355 e. The normalized spacial score (nSPS) is 25.4. The van der Waals surface area contributed by atoms with Crippen molar-refractivity contribution in [1.29, 1.82) is 0 Å². The molecule has 2 saturated heterocycles. The number of aromatic nitrogens is 2. The smallest absolute Gasteiger partial charge is 0.224 e. The highest BCUT2D eigenvalue weighted by Crippen LogP contribution is 2.38. The molecule has 6 nitrogen and oxygen atoms in total. The lowest BCUT2D eigenvalue weighted by Crippen LogP contribution is -2.53. The maximum Gasteiger partial charge on any atom is 0.224 e. The highest BCUT2D eigenvalue weighted by Gasteiger charge is 2.31. The quantitative estimate of drug-likeness (QED) is 0.881. The van der Waals surface area contributed by atoms with Crippen molar-refractivity contribution in [2.24, 2.45) is 11.8 Å². The van der Waals surface area contributed by atoms with Gasteiger partial charge in [0, 0.05) is 38.0 Å². The van der Waals surface area contributed by atoms with Crippen molar-refractivity contribution in [3.8, 4) is 0 Å². The standard InChI is InChI=1S/C18H27N5O/c1-22-8-2-3-15(12-22)18(24)19-9-13-10-23(11-13)17-7-6-16(20-21-17)14-4-5-14/h6-7,13-15H,2-5,8-12H2,1H3,(H,19,24). The van der Waals surface area contributed by atoms with E-state index in [-0.39, 0.29) is 11.8 Å². The molecular weight excluding hydrogens is 302 g/mol. The van der Waals surface area contributed by atoms with Gasteiger partial charge in [-0.05, 0) is 51.4 Å². The molecule has 0 bridgehead atoms. The number of likely N-dealkylation sites (tertiary alicyclic amines) is 1. The van der Waals surface area contributed by atoms with Gasteiger partial charge < -0.3 is 15.1 Å². The molecule has 1 saturated carbocycles. The fourth-order valence-corrected chi connectivity index (χ4v) is 3.76. The van der Waals surface area contributed by atoms with Crippen molar-refractivity contribution >= 4 is 11.7 Å². The predicted molar refractivity (Wildman–Crippen MR) is 92.9 cm³/mol. The Labute approximate surface area is 143 Å². The average Bonchev–Trinajstić information content (AvgIpc) is 3.38. The summed E-state index contributed by atoms with van der Waals surface area (Å²) < 4.78 is 0. The third-order valence-electron chi connectivity index (χ3n) is 5.51. The van der Waals surface area contributed by atoms with E-state index in [0.717, 1.165) is 57.1 Å². The van der Waals surface area contributed by atoms with Gasteiger partial charge in [-0.15, -0.1) is 5.10 Å². The van der Waals surface area contributed by atoms with Gasteiger partial charge in [-0.25, -0.2) is 0 Å². The van der Waals surface area contributed by atoms with Crippen LogP contribution in [0.4, 0.5) is 5.82 Å². The van der Waals surface area contributed by atoms with E-state index in [4.69, 9.17) is 0 Å².